The van der Waals surface area contributed by atoms with Crippen molar-refractivity contribution in [3.63, 3.8) is 0 Å². The van der Waals surface area contributed by atoms with Crippen LogP contribution >= 0.6 is 0 Å². The molecule has 0 radical (unpaired) electrons. The van der Waals surface area contributed by atoms with Crippen LogP contribution in [-0.2, 0) is 9.59 Å². The zero-order chi connectivity index (χ0) is 12.6. The van der Waals surface area contributed by atoms with Crippen molar-refractivity contribution in [3.05, 3.63) is 0 Å². The van der Waals surface area contributed by atoms with Gasteiger partial charge in [0.15, 0.2) is 0 Å². The Kier molecular flexibility index (Phi) is 7.81. The molecule has 0 bridgehead atoms. The monoisotopic (exact) mass is 228 g/mol. The van der Waals surface area contributed by atoms with Gasteiger partial charge in [0.25, 0.3) is 0 Å². The number of hydrogen-bond donors (Lipinski definition) is 2. The number of amides is 1. The van der Waals surface area contributed by atoms with E-state index < -0.39 is 0 Å². The lowest BCUT2D eigenvalue weighted by Gasteiger charge is -2.09. The maximum absolute atomic E-state index is 11.3. The summed E-state index contributed by atoms with van der Waals surface area (Å²) in [5.74, 6) is -0.227. The van der Waals surface area contributed by atoms with Crippen molar-refractivity contribution < 1.29 is 9.59 Å². The minimum absolute atomic E-state index is 0.00203. The van der Waals surface area contributed by atoms with Gasteiger partial charge in [-0.3, -0.25) is 9.59 Å². The molecule has 2 N–H and O–H groups in total. The van der Waals surface area contributed by atoms with Crippen LogP contribution in [0.5, 0.6) is 0 Å². The highest BCUT2D eigenvalue weighted by Crippen LogP contribution is 1.98. The van der Waals surface area contributed by atoms with E-state index in [-0.39, 0.29) is 24.0 Å². The number of ketones is 1. The summed E-state index contributed by atoms with van der Waals surface area (Å²) in [5.41, 5.74) is 0. The Balaban J connectivity index is 3.48. The third-order valence-corrected chi connectivity index (χ3v) is 2.21. The Morgan fingerprint density at radius 2 is 1.69 bits per heavy atom. The number of Topliss-reactive ketones (excluding diaryl/α,β-unsaturated/α-hetero) is 1. The van der Waals surface area contributed by atoms with E-state index in [4.69, 9.17) is 0 Å². The molecule has 0 unspecified atom stereocenters. The summed E-state index contributed by atoms with van der Waals surface area (Å²) in [5, 5.41) is 6.00. The predicted octanol–water partition coefficient (Wildman–Crippen LogP) is 1.11. The molecule has 0 aliphatic rings. The van der Waals surface area contributed by atoms with Gasteiger partial charge in [0.1, 0.15) is 5.78 Å². The van der Waals surface area contributed by atoms with Crippen molar-refractivity contribution >= 4 is 11.7 Å². The summed E-state index contributed by atoms with van der Waals surface area (Å²) < 4.78 is 0. The number of carbonyl (C=O) groups excluding carboxylic acids is 2. The van der Waals surface area contributed by atoms with E-state index in [1.807, 2.05) is 13.8 Å². The van der Waals surface area contributed by atoms with Gasteiger partial charge in [-0.15, -0.1) is 0 Å². The highest BCUT2D eigenvalue weighted by atomic mass is 16.2. The van der Waals surface area contributed by atoms with Crippen LogP contribution in [0, 0.1) is 5.92 Å². The minimum atomic E-state index is -0.164. The molecule has 0 spiro atoms. The van der Waals surface area contributed by atoms with E-state index >= 15 is 0 Å². The first-order valence-electron chi connectivity index (χ1n) is 5.96. The first-order chi connectivity index (χ1) is 7.43. The fourth-order valence-electron chi connectivity index (χ4n) is 1.13. The summed E-state index contributed by atoms with van der Waals surface area (Å²) in [7, 11) is 0. The van der Waals surface area contributed by atoms with Crippen molar-refractivity contribution in [3.8, 4) is 0 Å². The summed E-state index contributed by atoms with van der Waals surface area (Å²) in [6, 6.07) is 0.471. The molecule has 4 nitrogen and oxygen atoms in total. The first kappa shape index (κ1) is 15.1. The first-order valence-corrected chi connectivity index (χ1v) is 5.96. The van der Waals surface area contributed by atoms with Crippen molar-refractivity contribution in [2.75, 3.05) is 13.1 Å². The van der Waals surface area contributed by atoms with Crippen LogP contribution < -0.4 is 10.6 Å². The van der Waals surface area contributed by atoms with E-state index in [0.717, 1.165) is 13.0 Å². The van der Waals surface area contributed by atoms with Crippen LogP contribution in [0.4, 0.5) is 0 Å². The molecule has 16 heavy (non-hydrogen) atoms. The Morgan fingerprint density at radius 1 is 1.06 bits per heavy atom. The smallest absolute Gasteiger partial charge is 0.227 e. The van der Waals surface area contributed by atoms with Gasteiger partial charge in [0.05, 0.1) is 6.42 Å². The molecule has 0 rings (SSSR count). The molecule has 0 fully saturated rings. The van der Waals surface area contributed by atoms with Crippen LogP contribution in [0.25, 0.3) is 0 Å². The molecule has 94 valence electrons. The van der Waals surface area contributed by atoms with Crippen molar-refractivity contribution in [1.29, 1.82) is 0 Å². The topological polar surface area (TPSA) is 58.2 Å². The SMILES string of the molecule is CC(C)NCCCNC(=O)CC(=O)C(C)C. The van der Waals surface area contributed by atoms with Crippen LogP contribution in [-0.4, -0.2) is 30.8 Å². The van der Waals surface area contributed by atoms with E-state index in [9.17, 15) is 9.59 Å². The molecule has 0 aliphatic carbocycles. The van der Waals surface area contributed by atoms with Crippen LogP contribution in [0.1, 0.15) is 40.5 Å². The standard InChI is InChI=1S/C12H24N2O2/c1-9(2)11(15)8-12(16)14-7-5-6-13-10(3)4/h9-10,13H,5-8H2,1-4H3,(H,14,16). The maximum Gasteiger partial charge on any atom is 0.227 e. The van der Waals surface area contributed by atoms with Crippen molar-refractivity contribution in [1.82, 2.24) is 10.6 Å². The second-order valence-corrected chi connectivity index (χ2v) is 4.61. The van der Waals surface area contributed by atoms with Gasteiger partial charge >= 0.3 is 0 Å². The average molecular weight is 228 g/mol. The van der Waals surface area contributed by atoms with E-state index in [0.29, 0.717) is 12.6 Å². The molecule has 0 aliphatic heterocycles. The number of hydrogen-bond acceptors (Lipinski definition) is 3. The zero-order valence-electron chi connectivity index (χ0n) is 10.8. The molecule has 0 heterocycles. The minimum Gasteiger partial charge on any atom is -0.356 e. The number of rotatable bonds is 8. The van der Waals surface area contributed by atoms with Crippen LogP contribution in [0.15, 0.2) is 0 Å². The fraction of sp³-hybridized carbons (Fsp3) is 0.833. The highest BCUT2D eigenvalue weighted by Gasteiger charge is 2.11. The van der Waals surface area contributed by atoms with E-state index in [1.54, 1.807) is 0 Å². The van der Waals surface area contributed by atoms with Gasteiger partial charge in [-0.05, 0) is 13.0 Å². The van der Waals surface area contributed by atoms with Gasteiger partial charge in [0.2, 0.25) is 5.91 Å². The quantitative estimate of drug-likeness (QED) is 0.483. The van der Waals surface area contributed by atoms with Gasteiger partial charge < -0.3 is 10.6 Å². The summed E-state index contributed by atoms with van der Waals surface area (Å²) in [4.78, 5) is 22.6. The highest BCUT2D eigenvalue weighted by molar-refractivity contribution is 5.98. The molecule has 0 saturated carbocycles. The van der Waals surface area contributed by atoms with Crippen LogP contribution in [0.2, 0.25) is 0 Å². The molecule has 0 atom stereocenters. The number of nitrogens with one attached hydrogen (secondary N) is 2. The lowest BCUT2D eigenvalue weighted by atomic mass is 10.1. The molecule has 1 amide bonds. The number of carbonyl (C=O) groups is 2. The van der Waals surface area contributed by atoms with E-state index in [2.05, 4.69) is 24.5 Å². The third-order valence-electron chi connectivity index (χ3n) is 2.21. The van der Waals surface area contributed by atoms with Crippen molar-refractivity contribution in [2.45, 2.75) is 46.6 Å². The predicted molar refractivity (Wildman–Crippen MR) is 65.2 cm³/mol. The zero-order valence-corrected chi connectivity index (χ0v) is 10.8. The molecular weight excluding hydrogens is 204 g/mol. The molecule has 0 saturated heterocycles. The lowest BCUT2D eigenvalue weighted by Crippen LogP contribution is -2.31. The van der Waals surface area contributed by atoms with Gasteiger partial charge in [-0.25, -0.2) is 0 Å². The Hall–Kier alpha value is -0.900. The van der Waals surface area contributed by atoms with Gasteiger partial charge in [-0.1, -0.05) is 27.7 Å². The Bertz CT molecular complexity index is 225. The van der Waals surface area contributed by atoms with Crippen molar-refractivity contribution in [2.24, 2.45) is 5.92 Å². The third kappa shape index (κ3) is 8.41. The largest absolute Gasteiger partial charge is 0.356 e. The second kappa shape index (κ2) is 8.28. The molecule has 4 heteroatoms. The van der Waals surface area contributed by atoms with Crippen LogP contribution in [0.3, 0.4) is 0 Å². The molecule has 0 aromatic heterocycles. The van der Waals surface area contributed by atoms with Gasteiger partial charge in [0, 0.05) is 18.5 Å². The summed E-state index contributed by atoms with van der Waals surface area (Å²) >= 11 is 0. The molecular formula is C12H24N2O2. The average Bonchev–Trinajstić information content (AvgIpc) is 2.16. The molecule has 0 aromatic carbocycles. The van der Waals surface area contributed by atoms with E-state index in [1.165, 1.54) is 0 Å². The Morgan fingerprint density at radius 3 is 2.19 bits per heavy atom. The maximum atomic E-state index is 11.3. The Labute approximate surface area is 98.2 Å². The normalized spacial score (nSPS) is 10.9. The second-order valence-electron chi connectivity index (χ2n) is 4.61. The fourth-order valence-corrected chi connectivity index (χ4v) is 1.13. The van der Waals surface area contributed by atoms with Gasteiger partial charge in [-0.2, -0.15) is 0 Å². The lowest BCUT2D eigenvalue weighted by molar-refractivity contribution is -0.129. The molecule has 0 aromatic rings. The summed E-state index contributed by atoms with van der Waals surface area (Å²) in [6.45, 7) is 9.30. The summed E-state index contributed by atoms with van der Waals surface area (Å²) in [6.07, 6.45) is 0.898.